The van der Waals surface area contributed by atoms with Crippen LogP contribution in [0.25, 0.3) is 11.4 Å². The van der Waals surface area contributed by atoms with Gasteiger partial charge in [0.15, 0.2) is 5.82 Å². The molecule has 1 heterocycles. The van der Waals surface area contributed by atoms with Gasteiger partial charge in [0.2, 0.25) is 5.95 Å². The highest BCUT2D eigenvalue weighted by atomic mass is 19.1. The molecular formula is C20H23FN6O3. The lowest BCUT2D eigenvalue weighted by Crippen LogP contribution is -2.27. The van der Waals surface area contributed by atoms with Crippen LogP contribution in [0.5, 0.6) is 5.75 Å². The third-order valence-electron chi connectivity index (χ3n) is 4.58. The van der Waals surface area contributed by atoms with Crippen molar-refractivity contribution in [2.45, 2.75) is 6.92 Å². The number of halogens is 1. The fraction of sp³-hybridized carbons (Fsp3) is 0.250. The molecule has 0 aliphatic rings. The molecule has 0 atom stereocenters. The lowest BCUT2D eigenvalue weighted by Gasteiger charge is -2.19. The highest BCUT2D eigenvalue weighted by Gasteiger charge is 2.19. The maximum atomic E-state index is 13.6. The first-order valence-electron chi connectivity index (χ1n) is 9.03. The Morgan fingerprint density at radius 3 is 2.60 bits per heavy atom. The van der Waals surface area contributed by atoms with Crippen molar-refractivity contribution in [2.24, 2.45) is 7.05 Å². The Labute approximate surface area is 173 Å². The van der Waals surface area contributed by atoms with Gasteiger partial charge in [0.25, 0.3) is 0 Å². The molecule has 0 aliphatic heterocycles. The minimum absolute atomic E-state index is 0.261. The average Bonchev–Trinajstić information content (AvgIpc) is 3.10. The van der Waals surface area contributed by atoms with Gasteiger partial charge in [-0.25, -0.2) is 14.7 Å². The van der Waals surface area contributed by atoms with Crippen LogP contribution >= 0.6 is 0 Å². The summed E-state index contributed by atoms with van der Waals surface area (Å²) in [6.07, 6.45) is 0. The molecular weight excluding hydrogens is 391 g/mol. The number of hydroxylamine groups is 1. The van der Waals surface area contributed by atoms with E-state index in [1.165, 1.54) is 20.3 Å². The number of urea groups is 1. The summed E-state index contributed by atoms with van der Waals surface area (Å²) >= 11 is 0. The van der Waals surface area contributed by atoms with Crippen LogP contribution in [-0.2, 0) is 11.9 Å². The third kappa shape index (κ3) is 4.18. The van der Waals surface area contributed by atoms with Gasteiger partial charge in [-0.05, 0) is 42.8 Å². The third-order valence-corrected chi connectivity index (χ3v) is 4.58. The molecule has 2 amide bonds. The fourth-order valence-corrected chi connectivity index (χ4v) is 3.00. The second-order valence-corrected chi connectivity index (χ2v) is 6.55. The van der Waals surface area contributed by atoms with Crippen molar-refractivity contribution >= 4 is 23.4 Å². The molecule has 3 aromatic rings. The summed E-state index contributed by atoms with van der Waals surface area (Å²) in [5.74, 6) is 1.39. The van der Waals surface area contributed by atoms with Crippen molar-refractivity contribution in [3.63, 3.8) is 0 Å². The Bertz CT molecular complexity index is 1070. The molecule has 0 fully saturated rings. The predicted octanol–water partition coefficient (Wildman–Crippen LogP) is 3.39. The smallest absolute Gasteiger partial charge is 0.343 e. The van der Waals surface area contributed by atoms with Crippen molar-refractivity contribution < 1.29 is 18.8 Å². The minimum Gasteiger partial charge on any atom is -0.496 e. The van der Waals surface area contributed by atoms with Gasteiger partial charge in [-0.2, -0.15) is 0 Å². The molecule has 2 N–H and O–H groups in total. The number of nitrogens with one attached hydrogen (secondary N) is 2. The Morgan fingerprint density at radius 1 is 1.17 bits per heavy atom. The molecule has 10 heteroatoms. The van der Waals surface area contributed by atoms with Crippen LogP contribution < -0.4 is 20.4 Å². The van der Waals surface area contributed by atoms with E-state index in [4.69, 9.17) is 4.74 Å². The highest BCUT2D eigenvalue weighted by molar-refractivity contribution is 5.89. The van der Waals surface area contributed by atoms with Crippen LogP contribution in [-0.4, -0.2) is 42.1 Å². The lowest BCUT2D eigenvalue weighted by atomic mass is 10.1. The van der Waals surface area contributed by atoms with Gasteiger partial charge in [0.1, 0.15) is 11.6 Å². The number of anilines is 3. The normalized spacial score (nSPS) is 10.6. The zero-order valence-electron chi connectivity index (χ0n) is 17.4. The molecule has 1 aromatic heterocycles. The van der Waals surface area contributed by atoms with Crippen molar-refractivity contribution in [1.29, 1.82) is 0 Å². The number of rotatable bonds is 6. The van der Waals surface area contributed by atoms with E-state index in [0.717, 1.165) is 5.69 Å². The van der Waals surface area contributed by atoms with E-state index in [-0.39, 0.29) is 5.82 Å². The van der Waals surface area contributed by atoms with Gasteiger partial charge in [-0.1, -0.05) is 0 Å². The molecule has 158 valence electrons. The van der Waals surface area contributed by atoms with E-state index < -0.39 is 6.03 Å². The first kappa shape index (κ1) is 21.1. The Kier molecular flexibility index (Phi) is 6.17. The summed E-state index contributed by atoms with van der Waals surface area (Å²) in [6.45, 7) is 1.71. The summed E-state index contributed by atoms with van der Waals surface area (Å²) in [5, 5.41) is 11.2. The predicted molar refractivity (Wildman–Crippen MR) is 111 cm³/mol. The quantitative estimate of drug-likeness (QED) is 0.601. The molecule has 0 saturated heterocycles. The van der Waals surface area contributed by atoms with Gasteiger partial charge < -0.3 is 15.0 Å². The van der Waals surface area contributed by atoms with Crippen LogP contribution in [0, 0.1) is 12.7 Å². The summed E-state index contributed by atoms with van der Waals surface area (Å²) in [6, 6.07) is 9.51. The number of carbonyl (C=O) groups is 1. The van der Waals surface area contributed by atoms with Crippen molar-refractivity contribution in [1.82, 2.24) is 20.2 Å². The average molecular weight is 414 g/mol. The molecule has 2 aromatic carbocycles. The van der Waals surface area contributed by atoms with E-state index in [9.17, 15) is 9.18 Å². The molecule has 30 heavy (non-hydrogen) atoms. The Morgan fingerprint density at radius 2 is 1.93 bits per heavy atom. The van der Waals surface area contributed by atoms with E-state index in [1.54, 1.807) is 41.8 Å². The zero-order valence-corrected chi connectivity index (χ0v) is 17.4. The van der Waals surface area contributed by atoms with Gasteiger partial charge in [0, 0.05) is 31.5 Å². The lowest BCUT2D eigenvalue weighted by molar-refractivity contribution is 0.114. The summed E-state index contributed by atoms with van der Waals surface area (Å²) in [7, 11) is 6.54. The maximum absolute atomic E-state index is 13.6. The zero-order chi connectivity index (χ0) is 21.8. The van der Waals surface area contributed by atoms with Gasteiger partial charge in [-0.15, -0.1) is 10.2 Å². The number of carbonyl (C=O) groups excluding carboxylic acids is 1. The minimum atomic E-state index is -0.510. The number of amides is 2. The van der Waals surface area contributed by atoms with E-state index in [0.29, 0.717) is 34.3 Å². The van der Waals surface area contributed by atoms with Crippen LogP contribution in [0.4, 0.5) is 26.5 Å². The van der Waals surface area contributed by atoms with Crippen molar-refractivity contribution in [2.75, 3.05) is 31.5 Å². The van der Waals surface area contributed by atoms with E-state index in [1.807, 2.05) is 19.0 Å². The second kappa shape index (κ2) is 8.78. The number of aryl methyl sites for hydroxylation is 1. The number of hydrogen-bond donors (Lipinski definition) is 2. The monoisotopic (exact) mass is 414 g/mol. The van der Waals surface area contributed by atoms with Crippen molar-refractivity contribution in [3.8, 4) is 17.1 Å². The molecule has 0 spiro atoms. The summed E-state index contributed by atoms with van der Waals surface area (Å²) in [4.78, 5) is 18.0. The number of aromatic nitrogens is 3. The van der Waals surface area contributed by atoms with Gasteiger partial charge >= 0.3 is 6.03 Å². The largest absolute Gasteiger partial charge is 0.496 e. The van der Waals surface area contributed by atoms with Gasteiger partial charge in [0.05, 0.1) is 19.8 Å². The summed E-state index contributed by atoms with van der Waals surface area (Å²) in [5.41, 5.74) is 4.72. The fourth-order valence-electron chi connectivity index (χ4n) is 3.00. The molecule has 9 nitrogen and oxygen atoms in total. The molecule has 0 radical (unpaired) electrons. The summed E-state index contributed by atoms with van der Waals surface area (Å²) < 4.78 is 20.9. The first-order valence-corrected chi connectivity index (χ1v) is 9.03. The number of benzene rings is 2. The standard InChI is InChI=1S/C20H23FN6O3/c1-12-10-14(7-9-16(12)21)26(2)20-24-23-18(27(20)3)15-8-6-13(11-17(15)29-4)22-19(28)25-30-5/h6-11H,1-5H3,(H2,22,25,28). The number of nitrogens with zero attached hydrogens (tertiary/aromatic N) is 4. The van der Waals surface area contributed by atoms with Crippen LogP contribution in [0.2, 0.25) is 0 Å². The highest BCUT2D eigenvalue weighted by Crippen LogP contribution is 2.33. The van der Waals surface area contributed by atoms with Crippen LogP contribution in [0.15, 0.2) is 36.4 Å². The number of ether oxygens (including phenoxy) is 1. The second-order valence-electron chi connectivity index (χ2n) is 6.55. The maximum Gasteiger partial charge on any atom is 0.343 e. The molecule has 0 unspecified atom stereocenters. The van der Waals surface area contributed by atoms with Crippen LogP contribution in [0.1, 0.15) is 5.56 Å². The van der Waals surface area contributed by atoms with E-state index >= 15 is 0 Å². The molecule has 0 aliphatic carbocycles. The molecule has 3 rings (SSSR count). The Hall–Kier alpha value is -3.66. The molecule has 0 bridgehead atoms. The molecule has 0 saturated carbocycles. The Balaban J connectivity index is 1.92. The topological polar surface area (TPSA) is 93.5 Å². The van der Waals surface area contributed by atoms with Crippen LogP contribution in [0.3, 0.4) is 0 Å². The van der Waals surface area contributed by atoms with Gasteiger partial charge in [-0.3, -0.25) is 9.40 Å². The van der Waals surface area contributed by atoms with E-state index in [2.05, 4.69) is 25.8 Å². The first-order chi connectivity index (χ1) is 14.3. The number of methoxy groups -OCH3 is 1. The number of hydrogen-bond acceptors (Lipinski definition) is 6. The van der Waals surface area contributed by atoms with Crippen molar-refractivity contribution in [3.05, 3.63) is 47.8 Å². The SMILES string of the molecule is CONC(=O)Nc1ccc(-c2nnc(N(C)c3ccc(F)c(C)c3)n2C)c(OC)c1.